The molecule has 23 heavy (non-hydrogen) atoms. The lowest BCUT2D eigenvalue weighted by atomic mass is 10.0. The van der Waals surface area contributed by atoms with E-state index in [4.69, 9.17) is 0 Å². The molecule has 0 unspecified atom stereocenters. The van der Waals surface area contributed by atoms with Gasteiger partial charge in [0.05, 0.1) is 5.75 Å². The van der Waals surface area contributed by atoms with Crippen molar-refractivity contribution in [1.82, 2.24) is 0 Å². The molecular weight excluding hydrogens is 304 g/mol. The van der Waals surface area contributed by atoms with Crippen LogP contribution < -0.4 is 0 Å². The summed E-state index contributed by atoms with van der Waals surface area (Å²) in [6, 6.07) is 0. The van der Waals surface area contributed by atoms with Crippen LogP contribution in [0.5, 0.6) is 0 Å². The average Bonchev–Trinajstić information content (AvgIpc) is 2.50. The monoisotopic (exact) mass is 344 g/mol. The minimum atomic E-state index is -0.963. The number of Topliss-reactive ketones (excluding diaryl/α,β-unsaturated/α-hetero) is 1. The highest BCUT2D eigenvalue weighted by Gasteiger charge is 2.03. The molecule has 0 radical (unpaired) electrons. The lowest BCUT2D eigenvalue weighted by molar-refractivity contribution is -0.116. The second-order valence-electron chi connectivity index (χ2n) is 6.96. The first-order chi connectivity index (χ1) is 11.2. The number of ketones is 1. The summed E-state index contributed by atoms with van der Waals surface area (Å²) in [5.74, 6) is 0.416. The third-order valence-electron chi connectivity index (χ3n) is 4.42. The number of rotatable bonds is 18. The number of carbonyl (C=O) groups is 1. The molecule has 0 saturated heterocycles. The Bertz CT molecular complexity index is 289. The predicted molar refractivity (Wildman–Crippen MR) is 103 cm³/mol. The van der Waals surface area contributed by atoms with E-state index in [1.807, 2.05) is 0 Å². The molecule has 0 aliphatic carbocycles. The molecule has 0 aromatic heterocycles. The highest BCUT2D eigenvalue weighted by molar-refractivity contribution is 7.85. The minimum Gasteiger partial charge on any atom is -0.299 e. The summed E-state index contributed by atoms with van der Waals surface area (Å²) in [6.45, 7) is 2.27. The highest BCUT2D eigenvalue weighted by atomic mass is 32.2. The molecule has 138 valence electrons. The maximum absolute atomic E-state index is 11.4. The molecule has 1 atom stereocenters. The van der Waals surface area contributed by atoms with Gasteiger partial charge < -0.3 is 0 Å². The van der Waals surface area contributed by atoms with E-state index in [0.29, 0.717) is 6.42 Å². The Morgan fingerprint density at radius 2 is 1.00 bits per heavy atom. The van der Waals surface area contributed by atoms with Crippen molar-refractivity contribution in [3.05, 3.63) is 0 Å². The average molecular weight is 345 g/mol. The zero-order chi connectivity index (χ0) is 17.2. The summed E-state index contributed by atoms with van der Waals surface area (Å²) in [5.41, 5.74) is 0. The van der Waals surface area contributed by atoms with Gasteiger partial charge in [0.25, 0.3) is 0 Å². The first kappa shape index (κ1) is 22.8. The predicted octanol–water partition coefficient (Wildman–Crippen LogP) is 6.20. The fourth-order valence-electron chi connectivity index (χ4n) is 2.99. The van der Waals surface area contributed by atoms with Crippen LogP contribution >= 0.6 is 0 Å². The van der Waals surface area contributed by atoms with Crippen LogP contribution in [0.3, 0.4) is 0 Å². The lowest BCUT2D eigenvalue weighted by Gasteiger charge is -2.03. The van der Waals surface area contributed by atoms with Crippen LogP contribution in [0.25, 0.3) is 0 Å². The van der Waals surface area contributed by atoms with Gasteiger partial charge in [0, 0.05) is 23.5 Å². The Labute approximate surface area is 147 Å². The molecule has 0 aromatic carbocycles. The first-order valence-electron chi connectivity index (χ1n) is 9.98. The van der Waals surface area contributed by atoms with Crippen molar-refractivity contribution in [2.24, 2.45) is 0 Å². The van der Waals surface area contributed by atoms with E-state index >= 15 is 0 Å². The number of hydrogen-bond acceptors (Lipinski definition) is 2. The van der Waals surface area contributed by atoms with Gasteiger partial charge in [-0.15, -0.1) is 0 Å². The van der Waals surface area contributed by atoms with Gasteiger partial charge in [0.2, 0.25) is 0 Å². The molecule has 0 aliphatic heterocycles. The van der Waals surface area contributed by atoms with Crippen LogP contribution in [0.1, 0.15) is 110 Å². The van der Waals surface area contributed by atoms with Crippen molar-refractivity contribution in [3.63, 3.8) is 0 Å². The van der Waals surface area contributed by atoms with Crippen LogP contribution in [-0.2, 0) is 15.6 Å². The molecule has 0 spiro atoms. The molecule has 0 fully saturated rings. The van der Waals surface area contributed by atoms with Crippen LogP contribution in [0.15, 0.2) is 0 Å². The van der Waals surface area contributed by atoms with Crippen LogP contribution in [0, 0.1) is 0 Å². The van der Waals surface area contributed by atoms with Crippen molar-refractivity contribution in [3.8, 4) is 0 Å². The van der Waals surface area contributed by atoms with Gasteiger partial charge in [-0.3, -0.25) is 9.00 Å². The molecule has 2 nitrogen and oxygen atoms in total. The maximum Gasteiger partial charge on any atom is 0.145 e. The van der Waals surface area contributed by atoms with E-state index in [1.54, 1.807) is 6.26 Å². The summed E-state index contributed by atoms with van der Waals surface area (Å²) in [7, 11) is -0.963. The molecule has 0 bridgehead atoms. The van der Waals surface area contributed by atoms with Crippen LogP contribution in [0.2, 0.25) is 0 Å². The van der Waals surface area contributed by atoms with Crippen LogP contribution in [0.4, 0.5) is 0 Å². The van der Waals surface area contributed by atoms with Crippen LogP contribution in [-0.4, -0.2) is 22.0 Å². The summed E-state index contributed by atoms with van der Waals surface area (Å²) in [5, 5.41) is 0. The molecule has 0 amide bonds. The van der Waals surface area contributed by atoms with E-state index in [0.717, 1.165) is 12.8 Å². The quantitative estimate of drug-likeness (QED) is 0.278. The van der Waals surface area contributed by atoms with Gasteiger partial charge >= 0.3 is 0 Å². The standard InChI is InChI=1S/C20H40O2S/c1-3-4-5-6-7-8-9-10-11-12-13-14-15-16-17-18-20(21)19-23(2)22/h3-19H2,1-2H3/t23-/m1/s1. The summed E-state index contributed by atoms with van der Waals surface area (Å²) in [4.78, 5) is 11.4. The fraction of sp³-hybridized carbons (Fsp3) is 0.950. The highest BCUT2D eigenvalue weighted by Crippen LogP contribution is 2.13. The van der Waals surface area contributed by atoms with Crippen molar-refractivity contribution >= 4 is 16.6 Å². The third kappa shape index (κ3) is 19.8. The second-order valence-corrected chi connectivity index (χ2v) is 8.39. The Kier molecular flexibility index (Phi) is 18.0. The first-order valence-corrected chi connectivity index (χ1v) is 11.7. The van der Waals surface area contributed by atoms with Gasteiger partial charge in [-0.05, 0) is 6.42 Å². The topological polar surface area (TPSA) is 34.1 Å². The molecule has 3 heteroatoms. The van der Waals surface area contributed by atoms with Crippen molar-refractivity contribution < 1.29 is 9.00 Å². The summed E-state index contributed by atoms with van der Waals surface area (Å²) < 4.78 is 10.9. The Balaban J connectivity index is 3.08. The SMILES string of the molecule is CCCCCCCCCCCCCCCCCC(=O)C[S@@](C)=O. The number of hydrogen-bond donors (Lipinski definition) is 0. The van der Waals surface area contributed by atoms with Gasteiger partial charge in [0.15, 0.2) is 0 Å². The third-order valence-corrected chi connectivity index (χ3v) is 5.15. The van der Waals surface area contributed by atoms with Gasteiger partial charge in [-0.1, -0.05) is 96.8 Å². The van der Waals surface area contributed by atoms with Gasteiger partial charge in [0.1, 0.15) is 5.78 Å². The molecule has 0 aliphatic rings. The second kappa shape index (κ2) is 18.2. The summed E-state index contributed by atoms with van der Waals surface area (Å²) in [6.07, 6.45) is 22.4. The molecule has 0 N–H and O–H groups in total. The minimum absolute atomic E-state index is 0.167. The zero-order valence-corrected chi connectivity index (χ0v) is 16.6. The van der Waals surface area contributed by atoms with Gasteiger partial charge in [-0.2, -0.15) is 0 Å². The smallest absolute Gasteiger partial charge is 0.145 e. The molecule has 0 saturated carbocycles. The van der Waals surface area contributed by atoms with Crippen molar-refractivity contribution in [2.75, 3.05) is 12.0 Å². The Hall–Kier alpha value is -0.180. The summed E-state index contributed by atoms with van der Waals surface area (Å²) >= 11 is 0. The molecular formula is C20H40O2S. The maximum atomic E-state index is 11.4. The Morgan fingerprint density at radius 3 is 1.35 bits per heavy atom. The van der Waals surface area contributed by atoms with Crippen molar-refractivity contribution in [2.45, 2.75) is 110 Å². The zero-order valence-electron chi connectivity index (χ0n) is 15.7. The molecule has 0 aromatic rings. The lowest BCUT2D eigenvalue weighted by Crippen LogP contribution is -2.08. The number of carbonyl (C=O) groups excluding carboxylic acids is 1. The normalized spacial score (nSPS) is 12.4. The van der Waals surface area contributed by atoms with E-state index in [1.165, 1.54) is 83.5 Å². The van der Waals surface area contributed by atoms with E-state index in [-0.39, 0.29) is 11.5 Å². The largest absolute Gasteiger partial charge is 0.299 e. The fourth-order valence-corrected chi connectivity index (χ4v) is 3.59. The van der Waals surface area contributed by atoms with E-state index < -0.39 is 10.8 Å². The van der Waals surface area contributed by atoms with E-state index in [9.17, 15) is 9.00 Å². The van der Waals surface area contributed by atoms with Gasteiger partial charge in [-0.25, -0.2) is 0 Å². The Morgan fingerprint density at radius 1 is 0.652 bits per heavy atom. The number of unbranched alkanes of at least 4 members (excludes halogenated alkanes) is 14. The molecule has 0 heterocycles. The molecule has 0 rings (SSSR count). The van der Waals surface area contributed by atoms with Crippen molar-refractivity contribution in [1.29, 1.82) is 0 Å². The van der Waals surface area contributed by atoms with E-state index in [2.05, 4.69) is 6.92 Å².